The first-order valence-corrected chi connectivity index (χ1v) is 8.49. The number of methoxy groups -OCH3 is 1. The number of hydrogen-bond acceptors (Lipinski definition) is 5. The molecule has 1 heterocycles. The second-order valence-electron chi connectivity index (χ2n) is 5.11. The summed E-state index contributed by atoms with van der Waals surface area (Å²) in [5, 5.41) is 3.18. The van der Waals surface area contributed by atoms with E-state index in [-0.39, 0.29) is 4.90 Å². The molecule has 2 N–H and O–H groups in total. The van der Waals surface area contributed by atoms with Gasteiger partial charge in [-0.15, -0.1) is 0 Å². The number of hydrogen-bond donors (Lipinski definition) is 2. The molecule has 7 heteroatoms. The Bertz CT molecular complexity index is 695. The zero-order valence-electron chi connectivity index (χ0n) is 12.7. The molecule has 6 nitrogen and oxygen atoms in total. The highest BCUT2D eigenvalue weighted by Crippen LogP contribution is 2.16. The molecule has 0 unspecified atom stereocenters. The molecule has 0 spiro atoms. The predicted octanol–water partition coefficient (Wildman–Crippen LogP) is 0.980. The van der Waals surface area contributed by atoms with Crippen molar-refractivity contribution in [2.45, 2.75) is 18.2 Å². The van der Waals surface area contributed by atoms with Crippen LogP contribution in [0.15, 0.2) is 34.7 Å². The minimum absolute atomic E-state index is 0.146. The summed E-state index contributed by atoms with van der Waals surface area (Å²) in [5.41, 5.74) is 2.00. The fraction of sp³-hybridized carbons (Fsp3) is 0.400. The number of esters is 1. The van der Waals surface area contributed by atoms with Crippen molar-refractivity contribution in [3.8, 4) is 0 Å². The molecule has 2 rings (SSSR count). The van der Waals surface area contributed by atoms with Gasteiger partial charge in [-0.2, -0.15) is 0 Å². The Morgan fingerprint density at radius 1 is 1.41 bits per heavy atom. The maximum Gasteiger partial charge on any atom is 0.338 e. The third-order valence-electron chi connectivity index (χ3n) is 3.56. The summed E-state index contributed by atoms with van der Waals surface area (Å²) in [5.74, 6) is -0.478. The average molecular weight is 324 g/mol. The maximum atomic E-state index is 12.3. The van der Waals surface area contributed by atoms with Crippen LogP contribution in [0, 0.1) is 6.92 Å². The Kier molecular flexibility index (Phi) is 5.33. The third-order valence-corrected chi connectivity index (χ3v) is 4.96. The van der Waals surface area contributed by atoms with Gasteiger partial charge in [0, 0.05) is 13.1 Å². The van der Waals surface area contributed by atoms with Gasteiger partial charge in [0.05, 0.1) is 17.6 Å². The first kappa shape index (κ1) is 16.7. The van der Waals surface area contributed by atoms with Crippen molar-refractivity contribution < 1.29 is 17.9 Å². The molecule has 0 amide bonds. The summed E-state index contributed by atoms with van der Waals surface area (Å²) in [4.78, 5) is 11.7. The van der Waals surface area contributed by atoms with Gasteiger partial charge in [-0.1, -0.05) is 11.6 Å². The van der Waals surface area contributed by atoms with E-state index in [1.165, 1.54) is 25.3 Å². The molecule has 0 atom stereocenters. The molecular formula is C15H20N2O4S. The van der Waals surface area contributed by atoms with Crippen molar-refractivity contribution in [1.82, 2.24) is 10.0 Å². The highest BCUT2D eigenvalue weighted by Gasteiger charge is 2.18. The molecule has 0 bridgehead atoms. The second-order valence-corrected chi connectivity index (χ2v) is 6.88. The maximum absolute atomic E-state index is 12.3. The van der Waals surface area contributed by atoms with Crippen LogP contribution in [-0.2, 0) is 14.8 Å². The number of carbonyl (C=O) groups excluding carboxylic acids is 1. The second kappa shape index (κ2) is 7.04. The zero-order chi connectivity index (χ0) is 16.2. The molecule has 120 valence electrons. The molecule has 0 aliphatic carbocycles. The molecule has 0 saturated heterocycles. The standard InChI is InChI=1S/C15H20N2O4S/c1-11-9-13(3-4-14(11)15(18)21-2)22(19,20)17-10-12-5-7-16-8-6-12/h3-5,9,16-17H,6-8,10H2,1-2H3. The van der Waals surface area contributed by atoms with Crippen molar-refractivity contribution in [3.05, 3.63) is 41.0 Å². The minimum Gasteiger partial charge on any atom is -0.465 e. The van der Waals surface area contributed by atoms with Crippen molar-refractivity contribution in [2.75, 3.05) is 26.7 Å². The smallest absolute Gasteiger partial charge is 0.338 e. The molecule has 0 aromatic heterocycles. The highest BCUT2D eigenvalue weighted by molar-refractivity contribution is 7.89. The number of carbonyl (C=O) groups is 1. The summed E-state index contributed by atoms with van der Waals surface area (Å²) in [7, 11) is -2.30. The Morgan fingerprint density at radius 2 is 2.18 bits per heavy atom. The van der Waals surface area contributed by atoms with E-state index < -0.39 is 16.0 Å². The fourth-order valence-electron chi connectivity index (χ4n) is 2.24. The lowest BCUT2D eigenvalue weighted by molar-refractivity contribution is 0.0600. The van der Waals surface area contributed by atoms with Gasteiger partial charge in [-0.05, 0) is 43.7 Å². The van der Waals surface area contributed by atoms with Gasteiger partial charge < -0.3 is 10.1 Å². The summed E-state index contributed by atoms with van der Waals surface area (Å²) in [6, 6.07) is 4.36. The van der Waals surface area contributed by atoms with E-state index in [1.807, 2.05) is 6.08 Å². The van der Waals surface area contributed by atoms with E-state index in [4.69, 9.17) is 0 Å². The first-order chi connectivity index (χ1) is 10.4. The van der Waals surface area contributed by atoms with E-state index in [9.17, 15) is 13.2 Å². The van der Waals surface area contributed by atoms with E-state index in [1.54, 1.807) is 6.92 Å². The Morgan fingerprint density at radius 3 is 2.77 bits per heavy atom. The molecular weight excluding hydrogens is 304 g/mol. The van der Waals surface area contributed by atoms with Gasteiger partial charge in [0.15, 0.2) is 0 Å². The monoisotopic (exact) mass is 324 g/mol. The van der Waals surface area contributed by atoms with Gasteiger partial charge in [-0.25, -0.2) is 17.9 Å². The van der Waals surface area contributed by atoms with Gasteiger partial charge in [0.1, 0.15) is 0 Å². The van der Waals surface area contributed by atoms with E-state index in [2.05, 4.69) is 14.8 Å². The molecule has 1 aromatic carbocycles. The number of aryl methyl sites for hydroxylation is 1. The fourth-order valence-corrected chi connectivity index (χ4v) is 3.36. The number of nitrogens with one attached hydrogen (secondary N) is 2. The van der Waals surface area contributed by atoms with Crippen LogP contribution in [0.2, 0.25) is 0 Å². The van der Waals surface area contributed by atoms with Crippen LogP contribution in [0.1, 0.15) is 22.3 Å². The lowest BCUT2D eigenvalue weighted by atomic mass is 10.1. The lowest BCUT2D eigenvalue weighted by Crippen LogP contribution is -2.29. The Hall–Kier alpha value is -1.70. The number of benzene rings is 1. The van der Waals surface area contributed by atoms with Crippen molar-refractivity contribution in [3.63, 3.8) is 0 Å². The predicted molar refractivity (Wildman–Crippen MR) is 83.3 cm³/mol. The van der Waals surface area contributed by atoms with Crippen LogP contribution in [0.25, 0.3) is 0 Å². The lowest BCUT2D eigenvalue weighted by Gasteiger charge is -2.15. The summed E-state index contributed by atoms with van der Waals surface area (Å²) < 4.78 is 31.9. The van der Waals surface area contributed by atoms with Gasteiger partial charge in [0.25, 0.3) is 0 Å². The van der Waals surface area contributed by atoms with E-state index >= 15 is 0 Å². The van der Waals surface area contributed by atoms with Crippen LogP contribution in [-0.4, -0.2) is 41.1 Å². The van der Waals surface area contributed by atoms with Gasteiger partial charge in [-0.3, -0.25) is 0 Å². The number of ether oxygens (including phenoxy) is 1. The van der Waals surface area contributed by atoms with E-state index in [0.29, 0.717) is 17.7 Å². The normalized spacial score (nSPS) is 15.3. The molecule has 0 radical (unpaired) electrons. The van der Waals surface area contributed by atoms with Crippen molar-refractivity contribution >= 4 is 16.0 Å². The molecule has 1 aliphatic rings. The molecule has 22 heavy (non-hydrogen) atoms. The summed E-state index contributed by atoms with van der Waals surface area (Å²) in [6.07, 6.45) is 2.83. The van der Waals surface area contributed by atoms with Crippen LogP contribution < -0.4 is 10.0 Å². The van der Waals surface area contributed by atoms with Gasteiger partial charge in [0.2, 0.25) is 10.0 Å². The molecule has 1 aromatic rings. The quantitative estimate of drug-likeness (QED) is 0.623. The first-order valence-electron chi connectivity index (χ1n) is 7.01. The van der Waals surface area contributed by atoms with Crippen molar-refractivity contribution in [2.24, 2.45) is 0 Å². The third kappa shape index (κ3) is 3.94. The minimum atomic E-state index is -3.59. The number of rotatable bonds is 5. The van der Waals surface area contributed by atoms with E-state index in [0.717, 1.165) is 25.1 Å². The topological polar surface area (TPSA) is 84.5 Å². The zero-order valence-corrected chi connectivity index (χ0v) is 13.5. The number of sulfonamides is 1. The molecule has 0 saturated carbocycles. The summed E-state index contributed by atoms with van der Waals surface area (Å²) in [6.45, 7) is 3.62. The van der Waals surface area contributed by atoms with Crippen LogP contribution in [0.4, 0.5) is 0 Å². The Labute approximate surface area is 130 Å². The van der Waals surface area contributed by atoms with Crippen LogP contribution in [0.5, 0.6) is 0 Å². The van der Waals surface area contributed by atoms with Crippen molar-refractivity contribution in [1.29, 1.82) is 0 Å². The van der Waals surface area contributed by atoms with Crippen LogP contribution in [0.3, 0.4) is 0 Å². The highest BCUT2D eigenvalue weighted by atomic mass is 32.2. The largest absolute Gasteiger partial charge is 0.465 e. The summed E-state index contributed by atoms with van der Waals surface area (Å²) >= 11 is 0. The molecule has 0 fully saturated rings. The SMILES string of the molecule is COC(=O)c1ccc(S(=O)(=O)NCC2=CCNCC2)cc1C. The van der Waals surface area contributed by atoms with Gasteiger partial charge >= 0.3 is 5.97 Å². The molecule has 1 aliphatic heterocycles. The van der Waals surface area contributed by atoms with Crippen LogP contribution >= 0.6 is 0 Å². The average Bonchev–Trinajstić information content (AvgIpc) is 2.53. The Balaban J connectivity index is 2.13.